The van der Waals surface area contributed by atoms with Gasteiger partial charge in [0.1, 0.15) is 4.90 Å². The van der Waals surface area contributed by atoms with Crippen LogP contribution in [0.2, 0.25) is 0 Å². The highest BCUT2D eigenvalue weighted by molar-refractivity contribution is 7.89. The first-order valence-corrected chi connectivity index (χ1v) is 10.3. The van der Waals surface area contributed by atoms with Crippen molar-refractivity contribution in [1.82, 2.24) is 14.1 Å². The fourth-order valence-electron chi connectivity index (χ4n) is 3.12. The Balaban J connectivity index is 1.53. The monoisotopic (exact) mass is 379 g/mol. The SMILES string of the molecule is CCn1cc(S(=O)(=O)N2CCC(CCOc3ccccc3OC)C2)cn1. The molecule has 2 heterocycles. The summed E-state index contributed by atoms with van der Waals surface area (Å²) >= 11 is 0. The molecule has 0 N–H and O–H groups in total. The highest BCUT2D eigenvalue weighted by Crippen LogP contribution is 2.28. The number of methoxy groups -OCH3 is 1. The molecule has 1 atom stereocenters. The van der Waals surface area contributed by atoms with E-state index in [-0.39, 0.29) is 4.90 Å². The van der Waals surface area contributed by atoms with Crippen LogP contribution in [0.25, 0.3) is 0 Å². The third-order valence-corrected chi connectivity index (χ3v) is 6.49. The smallest absolute Gasteiger partial charge is 0.246 e. The van der Waals surface area contributed by atoms with E-state index in [1.165, 1.54) is 6.20 Å². The van der Waals surface area contributed by atoms with Crippen LogP contribution in [0.5, 0.6) is 11.5 Å². The lowest BCUT2D eigenvalue weighted by Crippen LogP contribution is -2.28. The molecule has 0 bridgehead atoms. The lowest BCUT2D eigenvalue weighted by molar-refractivity contribution is 0.266. The predicted molar refractivity (Wildman–Crippen MR) is 97.9 cm³/mol. The Kier molecular flexibility index (Phi) is 5.83. The second-order valence-corrected chi connectivity index (χ2v) is 8.28. The Morgan fingerprint density at radius 3 is 2.73 bits per heavy atom. The Hall–Kier alpha value is -2.06. The Labute approximate surface area is 154 Å². The minimum Gasteiger partial charge on any atom is -0.493 e. The molecule has 0 saturated carbocycles. The van der Waals surface area contributed by atoms with E-state index < -0.39 is 10.0 Å². The summed E-state index contributed by atoms with van der Waals surface area (Å²) in [5.41, 5.74) is 0. The standard InChI is InChI=1S/C18H25N3O4S/c1-3-20-14-16(12-19-20)26(22,23)21-10-8-15(13-21)9-11-25-18-7-5-4-6-17(18)24-2/h4-7,12,14-15H,3,8-11,13H2,1-2H3. The summed E-state index contributed by atoms with van der Waals surface area (Å²) in [5, 5.41) is 4.07. The van der Waals surface area contributed by atoms with Crippen LogP contribution in [-0.4, -0.2) is 49.3 Å². The van der Waals surface area contributed by atoms with Crippen LogP contribution in [0.3, 0.4) is 0 Å². The van der Waals surface area contributed by atoms with E-state index in [1.54, 1.807) is 22.3 Å². The molecule has 8 heteroatoms. The van der Waals surface area contributed by atoms with Gasteiger partial charge in [0.25, 0.3) is 0 Å². The lowest BCUT2D eigenvalue weighted by Gasteiger charge is -2.16. The highest BCUT2D eigenvalue weighted by Gasteiger charge is 2.33. The first-order valence-electron chi connectivity index (χ1n) is 8.83. The first kappa shape index (κ1) is 18.7. The number of aromatic nitrogens is 2. The highest BCUT2D eigenvalue weighted by atomic mass is 32.2. The van der Waals surface area contributed by atoms with E-state index in [1.807, 2.05) is 31.2 Å². The van der Waals surface area contributed by atoms with Crippen LogP contribution in [0.1, 0.15) is 19.8 Å². The fraction of sp³-hybridized carbons (Fsp3) is 0.500. The maximum Gasteiger partial charge on any atom is 0.246 e. The summed E-state index contributed by atoms with van der Waals surface area (Å²) in [6.07, 6.45) is 4.67. The number of hydrogen-bond donors (Lipinski definition) is 0. The van der Waals surface area contributed by atoms with Gasteiger partial charge in [-0.2, -0.15) is 9.40 Å². The molecule has 1 aromatic heterocycles. The van der Waals surface area contributed by atoms with Gasteiger partial charge in [-0.3, -0.25) is 4.68 Å². The third kappa shape index (κ3) is 4.02. The number of benzene rings is 1. The zero-order chi connectivity index (χ0) is 18.6. The molecular formula is C18H25N3O4S. The summed E-state index contributed by atoms with van der Waals surface area (Å²) in [6.45, 7) is 4.18. The summed E-state index contributed by atoms with van der Waals surface area (Å²) < 4.78 is 39.7. The molecule has 0 radical (unpaired) electrons. The molecular weight excluding hydrogens is 354 g/mol. The predicted octanol–water partition coefficient (Wildman–Crippen LogP) is 2.39. The number of ether oxygens (including phenoxy) is 2. The van der Waals surface area contributed by atoms with Crippen molar-refractivity contribution >= 4 is 10.0 Å². The van der Waals surface area contributed by atoms with Crippen molar-refractivity contribution in [3.8, 4) is 11.5 Å². The van der Waals surface area contributed by atoms with Gasteiger partial charge in [-0.05, 0) is 37.8 Å². The molecule has 2 aromatic rings. The minimum atomic E-state index is -3.46. The van der Waals surface area contributed by atoms with Gasteiger partial charge in [0, 0.05) is 25.8 Å². The summed E-state index contributed by atoms with van der Waals surface area (Å²) in [5.74, 6) is 1.71. The van der Waals surface area contributed by atoms with Crippen LogP contribution in [0.15, 0.2) is 41.6 Å². The van der Waals surface area contributed by atoms with E-state index in [9.17, 15) is 8.42 Å². The molecule has 0 amide bonds. The molecule has 1 saturated heterocycles. The van der Waals surface area contributed by atoms with Crippen molar-refractivity contribution in [3.05, 3.63) is 36.7 Å². The number of para-hydroxylation sites is 2. The maximum absolute atomic E-state index is 12.7. The van der Waals surface area contributed by atoms with Crippen molar-refractivity contribution < 1.29 is 17.9 Å². The molecule has 1 aromatic carbocycles. The van der Waals surface area contributed by atoms with Gasteiger partial charge in [0.05, 0.1) is 19.9 Å². The number of nitrogens with zero attached hydrogens (tertiary/aromatic N) is 3. The molecule has 7 nitrogen and oxygen atoms in total. The van der Waals surface area contributed by atoms with Crippen molar-refractivity contribution in [2.45, 2.75) is 31.2 Å². The Bertz CT molecular complexity index is 834. The van der Waals surface area contributed by atoms with Crippen LogP contribution >= 0.6 is 0 Å². The van der Waals surface area contributed by atoms with Gasteiger partial charge in [0.15, 0.2) is 11.5 Å². The van der Waals surface area contributed by atoms with Crippen LogP contribution in [-0.2, 0) is 16.6 Å². The second kappa shape index (κ2) is 8.09. The Morgan fingerprint density at radius 1 is 1.27 bits per heavy atom. The van der Waals surface area contributed by atoms with Gasteiger partial charge in [0.2, 0.25) is 10.0 Å². The van der Waals surface area contributed by atoms with E-state index in [0.717, 1.165) is 12.8 Å². The van der Waals surface area contributed by atoms with Crippen LogP contribution in [0, 0.1) is 5.92 Å². The van der Waals surface area contributed by atoms with Gasteiger partial charge < -0.3 is 9.47 Å². The molecule has 1 aliphatic heterocycles. The number of rotatable bonds is 8. The fourth-order valence-corrected chi connectivity index (χ4v) is 4.61. The Morgan fingerprint density at radius 2 is 2.04 bits per heavy atom. The minimum absolute atomic E-state index is 0.269. The molecule has 1 aliphatic rings. The van der Waals surface area contributed by atoms with Crippen LogP contribution < -0.4 is 9.47 Å². The molecule has 0 spiro atoms. The van der Waals surface area contributed by atoms with E-state index in [2.05, 4.69) is 5.10 Å². The van der Waals surface area contributed by atoms with Crippen molar-refractivity contribution in [2.24, 2.45) is 5.92 Å². The van der Waals surface area contributed by atoms with E-state index in [4.69, 9.17) is 9.47 Å². The molecule has 1 unspecified atom stereocenters. The largest absolute Gasteiger partial charge is 0.493 e. The quantitative estimate of drug-likeness (QED) is 0.704. The number of hydrogen-bond acceptors (Lipinski definition) is 5. The maximum atomic E-state index is 12.7. The molecule has 0 aliphatic carbocycles. The molecule has 26 heavy (non-hydrogen) atoms. The normalized spacial score (nSPS) is 18.2. The number of aryl methyl sites for hydroxylation is 1. The van der Waals surface area contributed by atoms with Crippen molar-refractivity contribution in [1.29, 1.82) is 0 Å². The molecule has 3 rings (SSSR count). The van der Waals surface area contributed by atoms with Gasteiger partial charge >= 0.3 is 0 Å². The third-order valence-electron chi connectivity index (χ3n) is 4.67. The summed E-state index contributed by atoms with van der Waals surface area (Å²) in [4.78, 5) is 0.269. The summed E-state index contributed by atoms with van der Waals surface area (Å²) in [6, 6.07) is 7.52. The van der Waals surface area contributed by atoms with Crippen molar-refractivity contribution in [2.75, 3.05) is 26.8 Å². The van der Waals surface area contributed by atoms with Gasteiger partial charge in [-0.1, -0.05) is 12.1 Å². The van der Waals surface area contributed by atoms with Gasteiger partial charge in [-0.15, -0.1) is 0 Å². The lowest BCUT2D eigenvalue weighted by atomic mass is 10.1. The molecule has 142 valence electrons. The van der Waals surface area contributed by atoms with E-state index >= 15 is 0 Å². The second-order valence-electron chi connectivity index (χ2n) is 6.34. The zero-order valence-electron chi connectivity index (χ0n) is 15.2. The number of sulfonamides is 1. The molecule has 1 fully saturated rings. The topological polar surface area (TPSA) is 73.7 Å². The average molecular weight is 379 g/mol. The van der Waals surface area contributed by atoms with Crippen molar-refractivity contribution in [3.63, 3.8) is 0 Å². The first-order chi connectivity index (χ1) is 12.5. The average Bonchev–Trinajstić information content (AvgIpc) is 3.32. The summed E-state index contributed by atoms with van der Waals surface area (Å²) in [7, 11) is -1.85. The van der Waals surface area contributed by atoms with E-state index in [0.29, 0.717) is 43.7 Å². The van der Waals surface area contributed by atoms with Gasteiger partial charge in [-0.25, -0.2) is 8.42 Å². The van der Waals surface area contributed by atoms with Crippen LogP contribution in [0.4, 0.5) is 0 Å². The zero-order valence-corrected chi connectivity index (χ0v) is 16.0.